The number of piperazine rings is 1. The number of nitrogens with one attached hydrogen (secondary N) is 1. The molecule has 0 saturated carbocycles. The van der Waals surface area contributed by atoms with Crippen molar-refractivity contribution in [1.82, 2.24) is 10.2 Å². The number of rotatable bonds is 4. The van der Waals surface area contributed by atoms with Crippen molar-refractivity contribution in [3.8, 4) is 0 Å². The smallest absolute Gasteiger partial charge is 0.318 e. The molecule has 2 amide bonds. The van der Waals surface area contributed by atoms with E-state index in [-0.39, 0.29) is 12.1 Å². The molecule has 2 heterocycles. The van der Waals surface area contributed by atoms with E-state index < -0.39 is 0 Å². The number of hydrogen-bond donors (Lipinski definition) is 1. The molecule has 1 aliphatic rings. The second-order valence-electron chi connectivity index (χ2n) is 5.74. The number of nitrogens with zero attached hydrogens (tertiary/aromatic N) is 2. The summed E-state index contributed by atoms with van der Waals surface area (Å²) >= 11 is 1.70. The molecule has 1 aliphatic heterocycles. The quantitative estimate of drug-likeness (QED) is 0.928. The first-order valence-corrected chi connectivity index (χ1v) is 9.04. The van der Waals surface area contributed by atoms with Crippen LogP contribution in [0.4, 0.5) is 10.5 Å². The summed E-state index contributed by atoms with van der Waals surface area (Å²) in [6.07, 6.45) is 0.913. The lowest BCUT2D eigenvalue weighted by Crippen LogP contribution is -2.52. The number of benzene rings is 1. The summed E-state index contributed by atoms with van der Waals surface area (Å²) in [7, 11) is 0. The van der Waals surface area contributed by atoms with Gasteiger partial charge in [0.05, 0.1) is 6.04 Å². The van der Waals surface area contributed by atoms with E-state index in [1.165, 1.54) is 10.6 Å². The maximum atomic E-state index is 12.5. The van der Waals surface area contributed by atoms with Gasteiger partial charge >= 0.3 is 6.03 Å². The molecular formula is C18H23N3OS. The second kappa shape index (κ2) is 7.51. The van der Waals surface area contributed by atoms with E-state index >= 15 is 0 Å². The molecule has 5 heteroatoms. The van der Waals surface area contributed by atoms with E-state index in [9.17, 15) is 4.79 Å². The summed E-state index contributed by atoms with van der Waals surface area (Å²) < 4.78 is 0. The van der Waals surface area contributed by atoms with Crippen molar-refractivity contribution >= 4 is 23.1 Å². The van der Waals surface area contributed by atoms with Gasteiger partial charge in [-0.2, -0.15) is 0 Å². The van der Waals surface area contributed by atoms with E-state index in [0.717, 1.165) is 32.6 Å². The molecule has 1 aromatic heterocycles. The first kappa shape index (κ1) is 15.9. The monoisotopic (exact) mass is 329 g/mol. The molecule has 3 rings (SSSR count). The first-order chi connectivity index (χ1) is 11.3. The highest BCUT2D eigenvalue weighted by atomic mass is 32.1. The molecule has 1 N–H and O–H groups in total. The van der Waals surface area contributed by atoms with Crippen molar-refractivity contribution in [3.63, 3.8) is 0 Å². The normalized spacial score (nSPS) is 16.2. The Bertz CT molecular complexity index is 606. The molecule has 23 heavy (non-hydrogen) atoms. The van der Waals surface area contributed by atoms with Crippen LogP contribution in [-0.2, 0) is 0 Å². The maximum absolute atomic E-state index is 12.5. The number of amides is 2. The highest BCUT2D eigenvalue weighted by Crippen LogP contribution is 2.22. The van der Waals surface area contributed by atoms with Gasteiger partial charge in [0.2, 0.25) is 0 Å². The molecular weight excluding hydrogens is 306 g/mol. The molecule has 1 aromatic carbocycles. The van der Waals surface area contributed by atoms with Crippen molar-refractivity contribution in [1.29, 1.82) is 0 Å². The van der Waals surface area contributed by atoms with Crippen LogP contribution in [0.15, 0.2) is 47.8 Å². The van der Waals surface area contributed by atoms with E-state index in [1.54, 1.807) is 11.3 Å². The Labute approximate surface area is 141 Å². The van der Waals surface area contributed by atoms with Crippen molar-refractivity contribution in [2.75, 3.05) is 31.1 Å². The molecule has 1 atom stereocenters. The number of urea groups is 1. The topological polar surface area (TPSA) is 35.6 Å². The van der Waals surface area contributed by atoms with Crippen LogP contribution in [0.25, 0.3) is 0 Å². The summed E-state index contributed by atoms with van der Waals surface area (Å²) in [6.45, 7) is 5.40. The minimum atomic E-state index is 0.0537. The number of anilines is 1. The van der Waals surface area contributed by atoms with Crippen LogP contribution in [0.3, 0.4) is 0 Å². The fourth-order valence-corrected chi connectivity index (χ4v) is 3.77. The van der Waals surface area contributed by atoms with Gasteiger partial charge in [-0.3, -0.25) is 0 Å². The molecule has 0 aliphatic carbocycles. The van der Waals surface area contributed by atoms with Gasteiger partial charge in [-0.25, -0.2) is 4.79 Å². The predicted molar refractivity (Wildman–Crippen MR) is 96.1 cm³/mol. The second-order valence-corrected chi connectivity index (χ2v) is 6.71. The van der Waals surface area contributed by atoms with Crippen molar-refractivity contribution in [3.05, 3.63) is 52.7 Å². The number of thiophene rings is 1. The maximum Gasteiger partial charge on any atom is 0.318 e. The van der Waals surface area contributed by atoms with E-state index in [2.05, 4.69) is 52.9 Å². The summed E-state index contributed by atoms with van der Waals surface area (Å²) in [4.78, 5) is 18.0. The lowest BCUT2D eigenvalue weighted by atomic mass is 10.2. The zero-order chi connectivity index (χ0) is 16.1. The Balaban J connectivity index is 1.54. The van der Waals surface area contributed by atoms with Gasteiger partial charge in [-0.15, -0.1) is 11.3 Å². The molecule has 1 saturated heterocycles. The van der Waals surface area contributed by atoms with Gasteiger partial charge in [-0.1, -0.05) is 31.2 Å². The zero-order valence-corrected chi connectivity index (χ0v) is 14.3. The third kappa shape index (κ3) is 3.85. The standard InChI is InChI=1S/C18H23N3OS/c1-2-16(17-9-6-14-23-17)19-18(22)21-12-10-20(11-13-21)15-7-4-3-5-8-15/h3-9,14,16H,2,10-13H2,1H3,(H,19,22). The largest absolute Gasteiger partial charge is 0.368 e. The van der Waals surface area contributed by atoms with Gasteiger partial charge in [0.15, 0.2) is 0 Å². The molecule has 122 valence electrons. The summed E-state index contributed by atoms with van der Waals surface area (Å²) in [5.74, 6) is 0. The van der Waals surface area contributed by atoms with Crippen LogP contribution in [0.5, 0.6) is 0 Å². The minimum Gasteiger partial charge on any atom is -0.368 e. The number of hydrogen-bond acceptors (Lipinski definition) is 3. The Morgan fingerprint density at radius 1 is 1.13 bits per heavy atom. The Hall–Kier alpha value is -2.01. The van der Waals surface area contributed by atoms with Crippen molar-refractivity contribution in [2.45, 2.75) is 19.4 Å². The Kier molecular flexibility index (Phi) is 5.18. The van der Waals surface area contributed by atoms with Crippen LogP contribution in [-0.4, -0.2) is 37.1 Å². The molecule has 1 fully saturated rings. The third-order valence-corrected chi connectivity index (χ3v) is 5.27. The molecule has 0 bridgehead atoms. The number of carbonyl (C=O) groups excluding carboxylic acids is 1. The van der Waals surface area contributed by atoms with Crippen LogP contribution in [0.2, 0.25) is 0 Å². The molecule has 1 unspecified atom stereocenters. The lowest BCUT2D eigenvalue weighted by molar-refractivity contribution is 0.190. The van der Waals surface area contributed by atoms with Gasteiger partial charge in [0.25, 0.3) is 0 Å². The van der Waals surface area contributed by atoms with Crippen LogP contribution in [0, 0.1) is 0 Å². The Morgan fingerprint density at radius 3 is 2.48 bits per heavy atom. The minimum absolute atomic E-state index is 0.0537. The summed E-state index contributed by atoms with van der Waals surface area (Å²) in [5.41, 5.74) is 1.23. The molecule has 4 nitrogen and oxygen atoms in total. The van der Waals surface area contributed by atoms with Crippen LogP contribution in [0.1, 0.15) is 24.3 Å². The van der Waals surface area contributed by atoms with Crippen LogP contribution < -0.4 is 10.2 Å². The van der Waals surface area contributed by atoms with Gasteiger partial charge in [-0.05, 0) is 30.0 Å². The number of carbonyl (C=O) groups is 1. The average Bonchev–Trinajstić information content (AvgIpc) is 3.15. The molecule has 0 radical (unpaired) electrons. The third-order valence-electron chi connectivity index (χ3n) is 4.28. The Morgan fingerprint density at radius 2 is 1.87 bits per heavy atom. The fourth-order valence-electron chi connectivity index (χ4n) is 2.91. The SMILES string of the molecule is CCC(NC(=O)N1CCN(c2ccccc2)CC1)c1cccs1. The highest BCUT2D eigenvalue weighted by molar-refractivity contribution is 7.10. The fraction of sp³-hybridized carbons (Fsp3) is 0.389. The summed E-state index contributed by atoms with van der Waals surface area (Å²) in [6, 6.07) is 14.7. The van der Waals surface area contributed by atoms with E-state index in [0.29, 0.717) is 0 Å². The van der Waals surface area contributed by atoms with Gasteiger partial charge < -0.3 is 15.1 Å². The van der Waals surface area contributed by atoms with E-state index in [1.807, 2.05) is 17.0 Å². The van der Waals surface area contributed by atoms with Crippen molar-refractivity contribution < 1.29 is 4.79 Å². The lowest BCUT2D eigenvalue weighted by Gasteiger charge is -2.36. The number of para-hydroxylation sites is 1. The highest BCUT2D eigenvalue weighted by Gasteiger charge is 2.23. The van der Waals surface area contributed by atoms with Gasteiger partial charge in [0.1, 0.15) is 0 Å². The average molecular weight is 329 g/mol. The van der Waals surface area contributed by atoms with Gasteiger partial charge in [0, 0.05) is 36.7 Å². The first-order valence-electron chi connectivity index (χ1n) is 8.16. The molecule has 0 spiro atoms. The zero-order valence-electron chi connectivity index (χ0n) is 13.4. The van der Waals surface area contributed by atoms with E-state index in [4.69, 9.17) is 0 Å². The van der Waals surface area contributed by atoms with Crippen molar-refractivity contribution in [2.24, 2.45) is 0 Å². The molecule has 2 aromatic rings. The predicted octanol–water partition coefficient (Wildman–Crippen LogP) is 3.73. The van der Waals surface area contributed by atoms with Crippen LogP contribution >= 0.6 is 11.3 Å². The summed E-state index contributed by atoms with van der Waals surface area (Å²) in [5, 5.41) is 5.23.